The molecule has 34 nitrogen and oxygen atoms in total. The average Bonchev–Trinajstić information content (AvgIpc) is 1.60. The number of hydrogen-bond acceptors (Lipinski definition) is 30. The summed E-state index contributed by atoms with van der Waals surface area (Å²) in [5, 5.41) is 48.6. The Kier molecular flexibility index (Phi) is 33.5. The van der Waals surface area contributed by atoms with Gasteiger partial charge in [-0.2, -0.15) is 5.26 Å². The molecular weight excluding hydrogens is 1880 g/mol. The number of likely N-dealkylation sites (N-methyl/N-ethyl adjacent to an activating group) is 2. The lowest BCUT2D eigenvalue weighted by atomic mass is 9.95. The fourth-order valence-corrected chi connectivity index (χ4v) is 21.7. The highest BCUT2D eigenvalue weighted by Crippen LogP contribution is 2.49. The first-order valence-corrected chi connectivity index (χ1v) is 51.3. The zero-order chi connectivity index (χ0) is 100. The van der Waals surface area contributed by atoms with Gasteiger partial charge in [-0.15, -0.1) is 0 Å². The van der Waals surface area contributed by atoms with E-state index in [4.69, 9.17) is 51.4 Å². The van der Waals surface area contributed by atoms with Crippen molar-refractivity contribution in [3.63, 3.8) is 0 Å². The molecule has 754 valence electrons. The van der Waals surface area contributed by atoms with Crippen LogP contribution in [0.25, 0.3) is 0 Å². The Labute approximate surface area is 854 Å². The van der Waals surface area contributed by atoms with E-state index in [9.17, 15) is 29.5 Å². The number of aliphatic hydroxyl groups is 1. The van der Waals surface area contributed by atoms with E-state index < -0.39 is 0 Å². The Bertz CT molecular complexity index is 5840. The number of aliphatic hydroxyl groups excluding tert-OH is 1. The second kappa shape index (κ2) is 46.2. The highest BCUT2D eigenvalue weighted by molar-refractivity contribution is 6.31. The summed E-state index contributed by atoms with van der Waals surface area (Å²) in [5.74, 6) is 6.11. The number of piperazine rings is 4. The molecule has 4 unspecified atom stereocenters. The van der Waals surface area contributed by atoms with Gasteiger partial charge in [0.2, 0.25) is 23.6 Å². The van der Waals surface area contributed by atoms with Crippen LogP contribution in [-0.2, 0) is 19.2 Å². The van der Waals surface area contributed by atoms with Crippen molar-refractivity contribution in [3.8, 4) is 6.07 Å². The zero-order valence-corrected chi connectivity index (χ0v) is 86.1. The lowest BCUT2D eigenvalue weighted by Gasteiger charge is -2.44. The first-order chi connectivity index (χ1) is 68.4. The maximum absolute atomic E-state index is 14.1. The number of carbonyl (C=O) groups is 4. The molecule has 11 aliphatic rings. The molecule has 10 aliphatic heterocycles. The standard InChI is InChI=1S/C27H36ClN7O2.C27H36ClN7O.C25H31ClN8O.C25H32ClN7O/c1-17(2)29-12-23(19-4-6-20(28)7-5-19)27(37)35-21-8-9-22(35)15-34(14-21)26-24-25(30-16-31-26)32-18(3)13-33(24)10-11-36;1-5-33-13-18(4)32-25-24(33)26(31-16-30-25)34-14-21-10-11-22(15-34)35(21)27(36)23(12-29-17(2)3)19-6-8-20(28)9-7-19;1-17(2)28-14-21(19-4-6-20(26)7-5-19)25(35)33-12-10-32(11-13-33)24-22-23(29-16-30-24)31-18(3)15-34(22)9-8-27;1-15(2)27-12-19(17-5-7-18(26)8-6-17)25(34)33-10-9-32(20-11-21(20)33)24-22-23(28-14-29-24)30-16(3)13-31(22)4/h4-7,16-17,21-23,29,36H,3,8-15H2,1-2H3,(H,30,31,32);6-9,16-17,21-23,29H,4-5,10-15H2,1-3H3,(H,30,31,32);4-7,16-17,21,28H,3,9-15H2,1-2H3,(H,29,30,31);5-8,14-15,19-21,27H,3,9-13H2,1-2,4H3,(H,28,29,30)/t2*21?,22?,23-;21-;19-,20-,21+/m1111/s1. The summed E-state index contributed by atoms with van der Waals surface area (Å²) < 4.78 is 0. The Morgan fingerprint density at radius 1 is 0.423 bits per heavy atom. The van der Waals surface area contributed by atoms with E-state index in [-0.39, 0.29) is 109 Å². The van der Waals surface area contributed by atoms with Gasteiger partial charge in [-0.3, -0.25) is 19.2 Å². The molecule has 0 spiro atoms. The molecule has 8 aromatic rings. The van der Waals surface area contributed by atoms with E-state index >= 15 is 0 Å². The van der Waals surface area contributed by atoms with Crippen LogP contribution in [0, 0.1) is 11.3 Å². The lowest BCUT2D eigenvalue weighted by molar-refractivity contribution is -0.137. The van der Waals surface area contributed by atoms with Crippen LogP contribution in [0.15, 0.2) is 171 Å². The molecule has 9 N–H and O–H groups in total. The largest absolute Gasteiger partial charge is 0.395 e. The normalized spacial score (nSPS) is 20.7. The number of hydrogen-bond donors (Lipinski definition) is 9. The summed E-state index contributed by atoms with van der Waals surface area (Å²) in [5.41, 5.74) is 11.2. The molecule has 4 aromatic heterocycles. The quantitative estimate of drug-likeness (QED) is 0.0206. The highest BCUT2D eigenvalue weighted by atomic mass is 35.5. The molecule has 0 radical (unpaired) electrons. The predicted molar refractivity (Wildman–Crippen MR) is 569 cm³/mol. The van der Waals surface area contributed by atoms with Crippen molar-refractivity contribution in [1.29, 1.82) is 5.26 Å². The topological polar surface area (TPSA) is 351 Å². The van der Waals surface area contributed by atoms with Crippen molar-refractivity contribution in [2.75, 3.05) is 212 Å². The zero-order valence-electron chi connectivity index (χ0n) is 83.0. The summed E-state index contributed by atoms with van der Waals surface area (Å²) in [6.45, 7) is 48.5. The predicted octanol–water partition coefficient (Wildman–Crippen LogP) is 12.6. The van der Waals surface area contributed by atoms with Crippen LogP contribution < -0.4 is 81.7 Å². The third-order valence-corrected chi connectivity index (χ3v) is 29.1. The monoisotopic (exact) mass is 2010 g/mol. The molecule has 142 heavy (non-hydrogen) atoms. The third kappa shape index (κ3) is 23.8. The second-order valence-electron chi connectivity index (χ2n) is 39.7. The summed E-state index contributed by atoms with van der Waals surface area (Å²) in [4.78, 5) is 118. The van der Waals surface area contributed by atoms with Crippen molar-refractivity contribution >= 4 is 139 Å². The highest BCUT2D eigenvalue weighted by Gasteiger charge is 2.54. The SMILES string of the molecule is C=C1CN(C)c2c(ncnc2N2CCN(C(=O)[C@H](CNC(C)C)c3ccc(Cl)cc3)[C@H]3C[C@H]32)N1.C=C1CN(CC#N)c2c(ncnc2N2CCN(C(=O)[C@H](CNC(C)C)c3ccc(Cl)cc3)CC2)N1.C=C1CN(CC)c2c(ncnc2N2CC3CCC(C2)N3C(=O)[C@H](CNC(C)C)c2ccc(Cl)cc2)N1.C=C1CN(CCO)c2c(ncnc2N2CC3CCC(C2)N3C(=O)[C@H](CNC(C)C)c2ccc(Cl)cc2)N1. The number of β-amino-alcohol motifs (C(OH)–C–C–N with tert-alkyl or cyclic N) is 1. The molecule has 19 rings (SSSR count). The van der Waals surface area contributed by atoms with Crippen LogP contribution in [-0.4, -0.2) is 300 Å². The molecule has 4 aromatic carbocycles. The van der Waals surface area contributed by atoms with Gasteiger partial charge in [0.05, 0.1) is 74.6 Å². The van der Waals surface area contributed by atoms with E-state index in [1.54, 1.807) is 19.0 Å². The molecule has 4 amide bonds. The second-order valence-corrected chi connectivity index (χ2v) is 41.4. The van der Waals surface area contributed by atoms with Crippen LogP contribution in [0.2, 0.25) is 20.1 Å². The van der Waals surface area contributed by atoms with E-state index in [1.165, 1.54) is 6.33 Å². The minimum absolute atomic E-state index is 0.0328. The number of rotatable bonds is 28. The molecule has 7 fully saturated rings. The number of aromatic nitrogens is 8. The molecule has 14 heterocycles. The first kappa shape index (κ1) is 103. The van der Waals surface area contributed by atoms with Gasteiger partial charge in [0, 0.05) is 203 Å². The van der Waals surface area contributed by atoms with Gasteiger partial charge >= 0.3 is 0 Å². The number of nitriles is 1. The van der Waals surface area contributed by atoms with Gasteiger partial charge in [-0.1, -0.05) is 177 Å². The number of nitrogens with zero attached hydrogens (tertiary/aromatic N) is 21. The van der Waals surface area contributed by atoms with Crippen LogP contribution in [0.1, 0.15) is 140 Å². The molecule has 6 saturated heterocycles. The van der Waals surface area contributed by atoms with Gasteiger partial charge in [-0.25, -0.2) is 39.9 Å². The maximum atomic E-state index is 14.1. The van der Waals surface area contributed by atoms with Crippen LogP contribution in [0.4, 0.5) is 69.3 Å². The number of benzene rings is 4. The number of nitrogens with one attached hydrogen (secondary N) is 8. The fourth-order valence-electron chi connectivity index (χ4n) is 21.2. The van der Waals surface area contributed by atoms with Crippen LogP contribution in [0.3, 0.4) is 0 Å². The van der Waals surface area contributed by atoms with E-state index in [2.05, 4.69) is 221 Å². The molecule has 1 saturated carbocycles. The minimum Gasteiger partial charge on any atom is -0.395 e. The fraction of sp³-hybridized carbons (Fsp3) is 0.490. The number of fused-ring (bicyclic) bond motifs is 9. The van der Waals surface area contributed by atoms with Crippen molar-refractivity contribution in [2.24, 2.45) is 0 Å². The van der Waals surface area contributed by atoms with E-state index in [0.29, 0.717) is 142 Å². The molecule has 38 heteroatoms. The van der Waals surface area contributed by atoms with Gasteiger partial charge in [0.25, 0.3) is 0 Å². The molecule has 10 atom stereocenters. The van der Waals surface area contributed by atoms with E-state index in [0.717, 1.165) is 168 Å². The molecule has 4 bridgehead atoms. The number of amides is 4. The smallest absolute Gasteiger partial charge is 0.232 e. The molecular formula is C104H135Cl4N29O5. The van der Waals surface area contributed by atoms with Crippen molar-refractivity contribution in [3.05, 3.63) is 214 Å². The Hall–Kier alpha value is -11.9. The van der Waals surface area contributed by atoms with Gasteiger partial charge in [0.15, 0.2) is 46.5 Å². The average molecular weight is 2010 g/mol. The number of halogens is 4. The first-order valence-electron chi connectivity index (χ1n) is 49.7. The Morgan fingerprint density at radius 2 is 0.761 bits per heavy atom. The summed E-state index contributed by atoms with van der Waals surface area (Å²) in [7, 11) is 2.04. The lowest BCUT2D eigenvalue weighted by Crippen LogP contribution is -2.58. The van der Waals surface area contributed by atoms with Crippen LogP contribution >= 0.6 is 46.4 Å². The van der Waals surface area contributed by atoms with Gasteiger partial charge < -0.3 is 106 Å². The van der Waals surface area contributed by atoms with Gasteiger partial charge in [-0.05, 0) is 110 Å². The Morgan fingerprint density at radius 3 is 1.14 bits per heavy atom. The number of anilines is 12. The summed E-state index contributed by atoms with van der Waals surface area (Å²) in [6, 6.07) is 35.0. The van der Waals surface area contributed by atoms with Crippen LogP contribution in [0.5, 0.6) is 0 Å². The maximum Gasteiger partial charge on any atom is 0.232 e. The van der Waals surface area contributed by atoms with Crippen molar-refractivity contribution in [1.82, 2.24) is 80.7 Å². The third-order valence-electron chi connectivity index (χ3n) is 28.1. The van der Waals surface area contributed by atoms with Crippen molar-refractivity contribution < 1.29 is 24.3 Å². The Balaban J connectivity index is 0.000000136. The molecule has 1 aliphatic carbocycles. The minimum atomic E-state index is -0.283. The van der Waals surface area contributed by atoms with Crippen molar-refractivity contribution in [2.45, 2.75) is 179 Å². The van der Waals surface area contributed by atoms with E-state index in [1.807, 2.05) is 114 Å². The number of carbonyl (C=O) groups excluding carboxylic acids is 4. The van der Waals surface area contributed by atoms with Gasteiger partial charge in [0.1, 0.15) is 54.6 Å². The summed E-state index contributed by atoms with van der Waals surface area (Å²) >= 11 is 24.5. The summed E-state index contributed by atoms with van der Waals surface area (Å²) in [6.07, 6.45) is 11.3.